The van der Waals surface area contributed by atoms with E-state index in [2.05, 4.69) is 11.6 Å². The molecule has 0 aliphatic heterocycles. The van der Waals surface area contributed by atoms with Gasteiger partial charge in [-0.15, -0.1) is 0 Å². The van der Waals surface area contributed by atoms with Gasteiger partial charge < -0.3 is 5.73 Å². The monoisotopic (exact) mass is 236 g/mol. The molecule has 0 fully saturated rings. The van der Waals surface area contributed by atoms with Crippen LogP contribution in [0.3, 0.4) is 0 Å². The number of hydrogen-bond donors (Lipinski definition) is 2. The smallest absolute Gasteiger partial charge is 0.211 e. The Bertz CT molecular complexity index is 240. The lowest BCUT2D eigenvalue weighted by Crippen LogP contribution is -2.27. The first-order valence-corrected chi connectivity index (χ1v) is 7.34. The molecule has 0 aliphatic rings. The first-order chi connectivity index (χ1) is 7.02. The molecule has 1 unspecified atom stereocenters. The van der Waals surface area contributed by atoms with Gasteiger partial charge in [0.25, 0.3) is 0 Å². The molecule has 0 amide bonds. The van der Waals surface area contributed by atoms with Crippen molar-refractivity contribution in [2.24, 2.45) is 11.7 Å². The third-order valence-electron chi connectivity index (χ3n) is 2.36. The highest BCUT2D eigenvalue weighted by atomic mass is 32.2. The van der Waals surface area contributed by atoms with Crippen molar-refractivity contribution >= 4 is 10.0 Å². The quantitative estimate of drug-likeness (QED) is 0.588. The fourth-order valence-corrected chi connectivity index (χ4v) is 2.47. The summed E-state index contributed by atoms with van der Waals surface area (Å²) in [4.78, 5) is 0. The van der Waals surface area contributed by atoms with Gasteiger partial charge >= 0.3 is 0 Å². The minimum Gasteiger partial charge on any atom is -0.330 e. The van der Waals surface area contributed by atoms with Crippen LogP contribution in [0.5, 0.6) is 0 Å². The lowest BCUT2D eigenvalue weighted by atomic mass is 10.1. The van der Waals surface area contributed by atoms with Gasteiger partial charge in [-0.25, -0.2) is 13.1 Å². The van der Waals surface area contributed by atoms with E-state index in [4.69, 9.17) is 5.73 Å². The molecule has 4 nitrogen and oxygen atoms in total. The van der Waals surface area contributed by atoms with Gasteiger partial charge in [0, 0.05) is 6.54 Å². The molecule has 0 spiro atoms. The summed E-state index contributed by atoms with van der Waals surface area (Å²) in [6.07, 6.45) is 3.48. The van der Waals surface area contributed by atoms with Crippen LogP contribution >= 0.6 is 0 Å². The standard InChI is InChI=1S/C10H24N2O2S/c1-3-4-8-15(13,14)12-7-5-6-10(2)9-11/h10,12H,3-9,11H2,1-2H3. The Labute approximate surface area is 93.7 Å². The highest BCUT2D eigenvalue weighted by Gasteiger charge is 2.08. The van der Waals surface area contributed by atoms with Crippen LogP contribution in [-0.4, -0.2) is 27.3 Å². The molecule has 0 rings (SSSR count). The van der Waals surface area contributed by atoms with Crippen molar-refractivity contribution in [3.05, 3.63) is 0 Å². The molecule has 0 saturated carbocycles. The van der Waals surface area contributed by atoms with Gasteiger partial charge in [-0.3, -0.25) is 0 Å². The molecule has 0 saturated heterocycles. The maximum absolute atomic E-state index is 11.4. The zero-order chi connectivity index (χ0) is 11.7. The van der Waals surface area contributed by atoms with Crippen molar-refractivity contribution in [1.82, 2.24) is 4.72 Å². The molecule has 92 valence electrons. The molecular weight excluding hydrogens is 212 g/mol. The SMILES string of the molecule is CCCCS(=O)(=O)NCCCC(C)CN. The van der Waals surface area contributed by atoms with Crippen LogP contribution in [0.2, 0.25) is 0 Å². The van der Waals surface area contributed by atoms with Gasteiger partial charge in [0.05, 0.1) is 5.75 Å². The summed E-state index contributed by atoms with van der Waals surface area (Å²) < 4.78 is 25.3. The zero-order valence-corrected chi connectivity index (χ0v) is 10.6. The van der Waals surface area contributed by atoms with Crippen LogP contribution in [0, 0.1) is 5.92 Å². The van der Waals surface area contributed by atoms with Crippen molar-refractivity contribution < 1.29 is 8.42 Å². The molecule has 0 bridgehead atoms. The first kappa shape index (κ1) is 14.9. The maximum atomic E-state index is 11.4. The Morgan fingerprint density at radius 1 is 1.33 bits per heavy atom. The molecule has 0 heterocycles. The van der Waals surface area contributed by atoms with Gasteiger partial charge in [-0.1, -0.05) is 20.3 Å². The molecule has 0 aliphatic carbocycles. The zero-order valence-electron chi connectivity index (χ0n) is 9.83. The molecule has 0 aromatic heterocycles. The number of hydrogen-bond acceptors (Lipinski definition) is 3. The second kappa shape index (κ2) is 8.07. The van der Waals surface area contributed by atoms with E-state index in [1.54, 1.807) is 0 Å². The molecule has 15 heavy (non-hydrogen) atoms. The number of sulfonamides is 1. The lowest BCUT2D eigenvalue weighted by molar-refractivity contribution is 0.513. The Morgan fingerprint density at radius 3 is 2.53 bits per heavy atom. The Balaban J connectivity index is 3.57. The number of nitrogens with two attached hydrogens (primary N) is 1. The molecule has 0 aromatic rings. The second-order valence-electron chi connectivity index (χ2n) is 4.05. The van der Waals surface area contributed by atoms with E-state index >= 15 is 0 Å². The van der Waals surface area contributed by atoms with Gasteiger partial charge in [0.15, 0.2) is 0 Å². The lowest BCUT2D eigenvalue weighted by Gasteiger charge is -2.09. The van der Waals surface area contributed by atoms with Crippen molar-refractivity contribution in [3.8, 4) is 0 Å². The summed E-state index contributed by atoms with van der Waals surface area (Å²) in [7, 11) is -3.03. The summed E-state index contributed by atoms with van der Waals surface area (Å²) in [6, 6.07) is 0. The summed E-state index contributed by atoms with van der Waals surface area (Å²) >= 11 is 0. The van der Waals surface area contributed by atoms with E-state index in [9.17, 15) is 8.42 Å². The van der Waals surface area contributed by atoms with Crippen LogP contribution in [0.4, 0.5) is 0 Å². The minimum atomic E-state index is -3.03. The van der Waals surface area contributed by atoms with Gasteiger partial charge in [0.2, 0.25) is 10.0 Å². The van der Waals surface area contributed by atoms with Crippen molar-refractivity contribution in [1.29, 1.82) is 0 Å². The summed E-state index contributed by atoms with van der Waals surface area (Å²) in [5, 5.41) is 0. The van der Waals surface area contributed by atoms with Crippen LogP contribution in [-0.2, 0) is 10.0 Å². The van der Waals surface area contributed by atoms with Crippen LogP contribution in [0.15, 0.2) is 0 Å². The Kier molecular flexibility index (Phi) is 8.00. The average Bonchev–Trinajstić information content (AvgIpc) is 2.21. The molecule has 5 heteroatoms. The Hall–Kier alpha value is -0.130. The third-order valence-corrected chi connectivity index (χ3v) is 3.83. The fraction of sp³-hybridized carbons (Fsp3) is 1.00. The topological polar surface area (TPSA) is 72.2 Å². The molecular formula is C10H24N2O2S. The normalized spacial score (nSPS) is 14.1. The van der Waals surface area contributed by atoms with E-state index in [0.29, 0.717) is 19.0 Å². The fourth-order valence-electron chi connectivity index (χ4n) is 1.20. The summed E-state index contributed by atoms with van der Waals surface area (Å²) in [5.74, 6) is 0.723. The van der Waals surface area contributed by atoms with Gasteiger partial charge in [-0.2, -0.15) is 0 Å². The number of unbranched alkanes of at least 4 members (excludes halogenated alkanes) is 1. The maximum Gasteiger partial charge on any atom is 0.211 e. The highest BCUT2D eigenvalue weighted by Crippen LogP contribution is 2.02. The molecule has 0 aromatic carbocycles. The van der Waals surface area contributed by atoms with Crippen LogP contribution in [0.25, 0.3) is 0 Å². The summed E-state index contributed by atoms with van der Waals surface area (Å²) in [6.45, 7) is 5.27. The molecule has 1 atom stereocenters. The number of rotatable bonds is 9. The van der Waals surface area contributed by atoms with E-state index in [1.165, 1.54) is 0 Å². The van der Waals surface area contributed by atoms with E-state index in [0.717, 1.165) is 25.7 Å². The van der Waals surface area contributed by atoms with Crippen molar-refractivity contribution in [3.63, 3.8) is 0 Å². The van der Waals surface area contributed by atoms with Gasteiger partial charge in [-0.05, 0) is 31.7 Å². The Morgan fingerprint density at radius 2 is 2.00 bits per heavy atom. The average molecular weight is 236 g/mol. The van der Waals surface area contributed by atoms with Crippen molar-refractivity contribution in [2.45, 2.75) is 39.5 Å². The predicted molar refractivity (Wildman–Crippen MR) is 64.1 cm³/mol. The summed E-state index contributed by atoms with van der Waals surface area (Å²) in [5.41, 5.74) is 5.47. The molecule has 0 radical (unpaired) electrons. The minimum absolute atomic E-state index is 0.246. The van der Waals surface area contributed by atoms with E-state index in [1.807, 2.05) is 6.92 Å². The van der Waals surface area contributed by atoms with E-state index < -0.39 is 10.0 Å². The van der Waals surface area contributed by atoms with Gasteiger partial charge in [0.1, 0.15) is 0 Å². The number of nitrogens with one attached hydrogen (secondary N) is 1. The molecule has 3 N–H and O–H groups in total. The van der Waals surface area contributed by atoms with E-state index in [-0.39, 0.29) is 5.75 Å². The highest BCUT2D eigenvalue weighted by molar-refractivity contribution is 7.89. The first-order valence-electron chi connectivity index (χ1n) is 5.69. The second-order valence-corrected chi connectivity index (χ2v) is 5.98. The third kappa shape index (κ3) is 8.84. The van der Waals surface area contributed by atoms with Crippen LogP contribution in [0.1, 0.15) is 39.5 Å². The largest absolute Gasteiger partial charge is 0.330 e. The predicted octanol–water partition coefficient (Wildman–Crippen LogP) is 1.08. The van der Waals surface area contributed by atoms with Crippen molar-refractivity contribution in [2.75, 3.05) is 18.8 Å². The van der Waals surface area contributed by atoms with Crippen LogP contribution < -0.4 is 10.5 Å².